The molecule has 37 heavy (non-hydrogen) atoms. The Hall–Kier alpha value is -2.97. The lowest BCUT2D eigenvalue weighted by Crippen LogP contribution is -2.44. The SMILES string of the molecule is COCCS(=O)(=O)CCC(=O)N1CCC([C@H](N)Cc2cc(F)c(F)cc2F)CC1.O=C(O)/C=C\C(=O)O. The molecule has 1 saturated heterocycles. The summed E-state index contributed by atoms with van der Waals surface area (Å²) in [5.41, 5.74) is 6.17. The number of halogens is 3. The number of methoxy groups -OCH3 is 1. The second kappa shape index (κ2) is 15.3. The van der Waals surface area contributed by atoms with Crippen molar-refractivity contribution in [1.29, 1.82) is 0 Å². The highest BCUT2D eigenvalue weighted by Gasteiger charge is 2.28. The summed E-state index contributed by atoms with van der Waals surface area (Å²) in [5, 5.41) is 15.6. The number of carboxylic acids is 2. The van der Waals surface area contributed by atoms with E-state index in [2.05, 4.69) is 0 Å². The second-order valence-corrected chi connectivity index (χ2v) is 10.7. The van der Waals surface area contributed by atoms with Crippen LogP contribution in [0.25, 0.3) is 0 Å². The number of likely N-dealkylation sites (tertiary alicyclic amines) is 1. The monoisotopic (exact) mass is 552 g/mol. The quantitative estimate of drug-likeness (QED) is 0.272. The van der Waals surface area contributed by atoms with Gasteiger partial charge in [-0.05, 0) is 36.8 Å². The van der Waals surface area contributed by atoms with Crippen molar-refractivity contribution >= 4 is 27.7 Å². The molecule has 0 spiro atoms. The van der Waals surface area contributed by atoms with Gasteiger partial charge in [-0.2, -0.15) is 0 Å². The molecule has 208 valence electrons. The number of hydrogen-bond acceptors (Lipinski definition) is 7. The number of nitrogens with two attached hydrogens (primary N) is 1. The van der Waals surface area contributed by atoms with Gasteiger partial charge in [0.1, 0.15) is 5.82 Å². The van der Waals surface area contributed by atoms with E-state index in [1.54, 1.807) is 4.90 Å². The van der Waals surface area contributed by atoms with E-state index in [-0.39, 0.29) is 48.3 Å². The lowest BCUT2D eigenvalue weighted by atomic mass is 9.86. The Morgan fingerprint density at radius 3 is 2.11 bits per heavy atom. The van der Waals surface area contributed by atoms with Gasteiger partial charge in [0.25, 0.3) is 0 Å². The first-order valence-electron chi connectivity index (χ1n) is 11.3. The maximum absolute atomic E-state index is 13.8. The fourth-order valence-electron chi connectivity index (χ4n) is 3.57. The molecule has 1 fully saturated rings. The zero-order chi connectivity index (χ0) is 28.2. The number of sulfone groups is 1. The van der Waals surface area contributed by atoms with E-state index in [0.29, 0.717) is 44.1 Å². The zero-order valence-electron chi connectivity index (χ0n) is 20.2. The van der Waals surface area contributed by atoms with E-state index in [0.717, 1.165) is 6.07 Å². The number of aliphatic carboxylic acids is 2. The number of benzene rings is 1. The van der Waals surface area contributed by atoms with E-state index in [1.807, 2.05) is 0 Å². The topological polar surface area (TPSA) is 164 Å². The third-order valence-corrected chi connectivity index (χ3v) is 7.25. The maximum atomic E-state index is 13.8. The number of nitrogens with zero attached hydrogens (tertiary/aromatic N) is 1. The minimum absolute atomic E-state index is 0.00278. The van der Waals surface area contributed by atoms with Crippen LogP contribution in [0.4, 0.5) is 13.2 Å². The Balaban J connectivity index is 0.000000738. The van der Waals surface area contributed by atoms with Gasteiger partial charge in [-0.15, -0.1) is 0 Å². The Labute approximate surface area is 212 Å². The fraction of sp³-hybridized carbons (Fsp3) is 0.522. The lowest BCUT2D eigenvalue weighted by Gasteiger charge is -2.35. The highest BCUT2D eigenvalue weighted by molar-refractivity contribution is 7.91. The van der Waals surface area contributed by atoms with E-state index in [4.69, 9.17) is 20.7 Å². The van der Waals surface area contributed by atoms with Gasteiger partial charge in [0.15, 0.2) is 21.5 Å². The number of carbonyl (C=O) groups excluding carboxylic acids is 1. The molecule has 1 atom stereocenters. The Bertz CT molecular complexity index is 1060. The molecule has 1 aromatic rings. The van der Waals surface area contributed by atoms with Crippen LogP contribution in [0.3, 0.4) is 0 Å². The van der Waals surface area contributed by atoms with Gasteiger partial charge >= 0.3 is 11.9 Å². The molecule has 0 aliphatic carbocycles. The first kappa shape index (κ1) is 32.1. The normalized spacial score (nSPS) is 15.2. The Kier molecular flexibility index (Phi) is 13.3. The summed E-state index contributed by atoms with van der Waals surface area (Å²) in [6, 6.07) is 0.882. The molecule has 14 heteroatoms. The van der Waals surface area contributed by atoms with Crippen molar-refractivity contribution in [3.63, 3.8) is 0 Å². The van der Waals surface area contributed by atoms with Crippen LogP contribution in [0.2, 0.25) is 0 Å². The summed E-state index contributed by atoms with van der Waals surface area (Å²) >= 11 is 0. The average molecular weight is 553 g/mol. The third kappa shape index (κ3) is 12.2. The minimum atomic E-state index is -3.33. The van der Waals surface area contributed by atoms with Crippen LogP contribution < -0.4 is 5.73 Å². The highest BCUT2D eigenvalue weighted by atomic mass is 32.2. The van der Waals surface area contributed by atoms with Crippen molar-refractivity contribution in [3.8, 4) is 0 Å². The maximum Gasteiger partial charge on any atom is 0.328 e. The molecule has 1 aliphatic rings. The van der Waals surface area contributed by atoms with Crippen LogP contribution in [-0.4, -0.2) is 85.7 Å². The molecular weight excluding hydrogens is 521 g/mol. The summed E-state index contributed by atoms with van der Waals surface area (Å²) in [4.78, 5) is 33.0. The Morgan fingerprint density at radius 1 is 1.05 bits per heavy atom. The predicted octanol–water partition coefficient (Wildman–Crippen LogP) is 1.38. The molecule has 0 radical (unpaired) electrons. The van der Waals surface area contributed by atoms with Gasteiger partial charge in [-0.25, -0.2) is 31.2 Å². The minimum Gasteiger partial charge on any atom is -0.478 e. The predicted molar refractivity (Wildman–Crippen MR) is 127 cm³/mol. The summed E-state index contributed by atoms with van der Waals surface area (Å²) in [7, 11) is -1.92. The van der Waals surface area contributed by atoms with Crippen LogP contribution in [0.1, 0.15) is 24.8 Å². The number of carboxylic acid groups (broad SMARTS) is 2. The summed E-state index contributed by atoms with van der Waals surface area (Å²) < 4.78 is 68.6. The molecule has 1 amide bonds. The van der Waals surface area contributed by atoms with Crippen molar-refractivity contribution in [2.45, 2.75) is 31.7 Å². The van der Waals surface area contributed by atoms with E-state index in [1.165, 1.54) is 7.11 Å². The summed E-state index contributed by atoms with van der Waals surface area (Å²) in [6.07, 6.45) is 2.26. The van der Waals surface area contributed by atoms with Crippen molar-refractivity contribution in [2.24, 2.45) is 11.7 Å². The molecule has 0 saturated carbocycles. The van der Waals surface area contributed by atoms with Crippen molar-refractivity contribution < 1.29 is 50.9 Å². The molecule has 2 rings (SSSR count). The molecule has 1 aliphatic heterocycles. The van der Waals surface area contributed by atoms with Gasteiger partial charge in [0.05, 0.1) is 18.1 Å². The van der Waals surface area contributed by atoms with E-state index in [9.17, 15) is 36.0 Å². The first-order chi connectivity index (χ1) is 17.3. The van der Waals surface area contributed by atoms with E-state index >= 15 is 0 Å². The summed E-state index contributed by atoms with van der Waals surface area (Å²) in [6.45, 7) is 0.948. The molecule has 10 nitrogen and oxygen atoms in total. The number of carbonyl (C=O) groups is 3. The van der Waals surface area contributed by atoms with Gasteiger partial charge in [0, 0.05) is 50.9 Å². The standard InChI is InChI=1S/C19H27F3N2O4S.C4H4O4/c1-28-7-9-29(26,27)8-4-19(25)24-5-2-13(3-6-24)18(23)11-14-10-16(21)17(22)12-15(14)20;5-3(6)1-2-4(7)8/h10,12-13,18H,2-9,11,23H2,1H3;1-2H,(H,5,6)(H,7,8)/b;2-1-/t18-;/m1./s1. The largest absolute Gasteiger partial charge is 0.478 e. The molecule has 1 heterocycles. The van der Waals surface area contributed by atoms with Crippen LogP contribution >= 0.6 is 0 Å². The van der Waals surface area contributed by atoms with Crippen LogP contribution in [0, 0.1) is 23.4 Å². The van der Waals surface area contributed by atoms with Crippen molar-refractivity contribution in [3.05, 3.63) is 47.3 Å². The molecule has 0 bridgehead atoms. The number of amides is 1. The molecule has 4 N–H and O–H groups in total. The molecule has 0 aromatic heterocycles. The average Bonchev–Trinajstić information content (AvgIpc) is 2.84. The second-order valence-electron chi connectivity index (χ2n) is 8.35. The smallest absolute Gasteiger partial charge is 0.328 e. The lowest BCUT2D eigenvalue weighted by molar-refractivity contribution is -0.134. The number of ether oxygens (including phenoxy) is 1. The number of piperidine rings is 1. The van der Waals surface area contributed by atoms with Gasteiger partial charge in [-0.1, -0.05) is 0 Å². The van der Waals surface area contributed by atoms with Gasteiger partial charge < -0.3 is 25.6 Å². The third-order valence-electron chi connectivity index (χ3n) is 5.64. The van der Waals surface area contributed by atoms with Gasteiger partial charge in [-0.3, -0.25) is 4.79 Å². The zero-order valence-corrected chi connectivity index (χ0v) is 21.1. The van der Waals surface area contributed by atoms with E-state index < -0.39 is 45.3 Å². The van der Waals surface area contributed by atoms with Crippen molar-refractivity contribution in [1.82, 2.24) is 4.90 Å². The molecular formula is C23H31F3N2O8S. The number of hydrogen-bond donors (Lipinski definition) is 3. The van der Waals surface area contributed by atoms with Crippen LogP contribution in [0.5, 0.6) is 0 Å². The highest BCUT2D eigenvalue weighted by Crippen LogP contribution is 2.24. The van der Waals surface area contributed by atoms with Gasteiger partial charge in [0.2, 0.25) is 5.91 Å². The first-order valence-corrected chi connectivity index (χ1v) is 13.1. The summed E-state index contributed by atoms with van der Waals surface area (Å²) in [5.74, 6) is -6.27. The molecule has 1 aromatic carbocycles. The van der Waals surface area contributed by atoms with Crippen LogP contribution in [0.15, 0.2) is 24.3 Å². The van der Waals surface area contributed by atoms with Crippen LogP contribution in [-0.2, 0) is 35.4 Å². The number of rotatable bonds is 11. The van der Waals surface area contributed by atoms with Crippen molar-refractivity contribution in [2.75, 3.05) is 38.3 Å². The Morgan fingerprint density at radius 2 is 1.59 bits per heavy atom. The fourth-order valence-corrected chi connectivity index (χ4v) is 4.68. The molecule has 0 unspecified atom stereocenters.